The van der Waals surface area contributed by atoms with Crippen molar-refractivity contribution in [3.05, 3.63) is 34.4 Å². The zero-order chi connectivity index (χ0) is 12.8. The first-order valence-electron chi connectivity index (χ1n) is 6.11. The van der Waals surface area contributed by atoms with Gasteiger partial charge in [0.25, 0.3) is 0 Å². The summed E-state index contributed by atoms with van der Waals surface area (Å²) in [5, 5.41) is 21.0. The fraction of sp³-hybridized carbons (Fsp3) is 0.571. The summed E-state index contributed by atoms with van der Waals surface area (Å²) in [5.41, 5.74) is 5.39. The summed E-state index contributed by atoms with van der Waals surface area (Å²) in [7, 11) is 0. The molecule has 0 saturated heterocycles. The molecule has 17 heavy (non-hydrogen) atoms. The smallest absolute Gasteiger partial charge is 0.0894 e. The summed E-state index contributed by atoms with van der Waals surface area (Å²) in [6, 6.07) is 4.32. The second-order valence-corrected chi connectivity index (χ2v) is 4.58. The largest absolute Gasteiger partial charge is 0.394 e. The van der Waals surface area contributed by atoms with E-state index in [2.05, 4.69) is 38.2 Å². The van der Waals surface area contributed by atoms with Gasteiger partial charge in [0.15, 0.2) is 0 Å². The third-order valence-corrected chi connectivity index (χ3v) is 3.33. The lowest BCUT2D eigenvalue weighted by molar-refractivity contribution is 0.0947. The average molecular weight is 237 g/mol. The Morgan fingerprint density at radius 2 is 1.88 bits per heavy atom. The van der Waals surface area contributed by atoms with Gasteiger partial charge in [0, 0.05) is 6.54 Å². The third-order valence-electron chi connectivity index (χ3n) is 3.33. The second kappa shape index (κ2) is 6.74. The maximum atomic E-state index is 9.18. The van der Waals surface area contributed by atoms with Crippen molar-refractivity contribution in [1.82, 2.24) is 5.32 Å². The van der Waals surface area contributed by atoms with Crippen molar-refractivity contribution >= 4 is 0 Å². The molecule has 0 spiro atoms. The van der Waals surface area contributed by atoms with Crippen LogP contribution in [0, 0.1) is 20.8 Å². The summed E-state index contributed by atoms with van der Waals surface area (Å²) in [6.45, 7) is 7.51. The Balaban J connectivity index is 2.45. The molecule has 0 amide bonds. The highest BCUT2D eigenvalue weighted by molar-refractivity contribution is 5.38. The molecule has 0 saturated carbocycles. The second-order valence-electron chi connectivity index (χ2n) is 4.58. The van der Waals surface area contributed by atoms with E-state index in [9.17, 15) is 5.11 Å². The number of aryl methyl sites for hydroxylation is 1. The van der Waals surface area contributed by atoms with Gasteiger partial charge in [0.1, 0.15) is 0 Å². The SMILES string of the molecule is Cc1ccc(CCNCC(O)CO)c(C)c1C. The fourth-order valence-corrected chi connectivity index (χ4v) is 1.84. The first-order chi connectivity index (χ1) is 8.06. The summed E-state index contributed by atoms with van der Waals surface area (Å²) in [4.78, 5) is 0. The van der Waals surface area contributed by atoms with E-state index in [-0.39, 0.29) is 6.61 Å². The summed E-state index contributed by atoms with van der Waals surface area (Å²) < 4.78 is 0. The number of benzene rings is 1. The van der Waals surface area contributed by atoms with Crippen molar-refractivity contribution in [2.75, 3.05) is 19.7 Å². The van der Waals surface area contributed by atoms with Crippen molar-refractivity contribution in [2.45, 2.75) is 33.3 Å². The lowest BCUT2D eigenvalue weighted by Gasteiger charge is -2.12. The van der Waals surface area contributed by atoms with E-state index in [4.69, 9.17) is 5.11 Å². The molecule has 0 aliphatic rings. The summed E-state index contributed by atoms with van der Waals surface area (Å²) in [5.74, 6) is 0. The van der Waals surface area contributed by atoms with Gasteiger partial charge in [-0.15, -0.1) is 0 Å². The molecule has 0 heterocycles. The van der Waals surface area contributed by atoms with Crippen molar-refractivity contribution in [3.63, 3.8) is 0 Å². The number of aliphatic hydroxyl groups is 2. The molecule has 3 heteroatoms. The van der Waals surface area contributed by atoms with Crippen LogP contribution in [0.2, 0.25) is 0 Å². The van der Waals surface area contributed by atoms with E-state index in [1.54, 1.807) is 0 Å². The van der Waals surface area contributed by atoms with Gasteiger partial charge in [-0.3, -0.25) is 0 Å². The fourth-order valence-electron chi connectivity index (χ4n) is 1.84. The molecule has 0 aromatic heterocycles. The van der Waals surface area contributed by atoms with Crippen LogP contribution in [0.1, 0.15) is 22.3 Å². The highest BCUT2D eigenvalue weighted by atomic mass is 16.3. The van der Waals surface area contributed by atoms with E-state index in [0.717, 1.165) is 13.0 Å². The quantitative estimate of drug-likeness (QED) is 0.649. The predicted octanol–water partition coefficient (Wildman–Crippen LogP) is 1.10. The molecule has 0 fully saturated rings. The molecule has 1 aromatic carbocycles. The molecule has 1 unspecified atom stereocenters. The number of aliphatic hydroxyl groups excluding tert-OH is 2. The van der Waals surface area contributed by atoms with Crippen LogP contribution >= 0.6 is 0 Å². The molecule has 0 bridgehead atoms. The Morgan fingerprint density at radius 3 is 2.53 bits per heavy atom. The van der Waals surface area contributed by atoms with Crippen LogP contribution in [-0.2, 0) is 6.42 Å². The van der Waals surface area contributed by atoms with Crippen LogP contribution in [0.5, 0.6) is 0 Å². The van der Waals surface area contributed by atoms with E-state index >= 15 is 0 Å². The number of hydrogen-bond donors (Lipinski definition) is 3. The van der Waals surface area contributed by atoms with Gasteiger partial charge < -0.3 is 15.5 Å². The zero-order valence-electron chi connectivity index (χ0n) is 11.0. The Hall–Kier alpha value is -0.900. The van der Waals surface area contributed by atoms with E-state index in [1.807, 2.05) is 0 Å². The van der Waals surface area contributed by atoms with Crippen molar-refractivity contribution in [2.24, 2.45) is 0 Å². The van der Waals surface area contributed by atoms with Crippen molar-refractivity contribution in [3.8, 4) is 0 Å². The molecule has 0 aliphatic carbocycles. The Bertz CT molecular complexity index is 363. The molecular weight excluding hydrogens is 214 g/mol. The molecule has 1 rings (SSSR count). The van der Waals surface area contributed by atoms with Gasteiger partial charge in [-0.05, 0) is 56.0 Å². The van der Waals surface area contributed by atoms with E-state index in [1.165, 1.54) is 22.3 Å². The molecule has 1 atom stereocenters. The van der Waals surface area contributed by atoms with Crippen LogP contribution in [0.25, 0.3) is 0 Å². The molecule has 96 valence electrons. The van der Waals surface area contributed by atoms with Crippen LogP contribution in [-0.4, -0.2) is 36.0 Å². The van der Waals surface area contributed by atoms with Crippen molar-refractivity contribution in [1.29, 1.82) is 0 Å². The molecule has 0 radical (unpaired) electrons. The third kappa shape index (κ3) is 4.11. The van der Waals surface area contributed by atoms with Gasteiger partial charge in [0.2, 0.25) is 0 Å². The normalized spacial score (nSPS) is 12.8. The first-order valence-corrected chi connectivity index (χ1v) is 6.11. The molecule has 0 aliphatic heterocycles. The monoisotopic (exact) mass is 237 g/mol. The Kier molecular flexibility index (Phi) is 5.62. The lowest BCUT2D eigenvalue weighted by Crippen LogP contribution is -2.30. The highest BCUT2D eigenvalue weighted by Gasteiger charge is 2.04. The lowest BCUT2D eigenvalue weighted by atomic mass is 9.97. The van der Waals surface area contributed by atoms with Crippen molar-refractivity contribution < 1.29 is 10.2 Å². The van der Waals surface area contributed by atoms with Gasteiger partial charge in [-0.2, -0.15) is 0 Å². The molecule has 3 nitrogen and oxygen atoms in total. The van der Waals surface area contributed by atoms with E-state index < -0.39 is 6.10 Å². The maximum absolute atomic E-state index is 9.18. The maximum Gasteiger partial charge on any atom is 0.0894 e. The topological polar surface area (TPSA) is 52.5 Å². The van der Waals surface area contributed by atoms with Gasteiger partial charge in [-0.1, -0.05) is 12.1 Å². The van der Waals surface area contributed by atoms with Crippen LogP contribution in [0.4, 0.5) is 0 Å². The molecule has 1 aromatic rings. The Morgan fingerprint density at radius 1 is 1.18 bits per heavy atom. The summed E-state index contributed by atoms with van der Waals surface area (Å²) in [6.07, 6.45) is 0.293. The number of rotatable bonds is 6. The van der Waals surface area contributed by atoms with Crippen LogP contribution < -0.4 is 5.32 Å². The molecular formula is C14H23NO2. The standard InChI is InChI=1S/C14H23NO2/c1-10-4-5-13(12(3)11(10)2)6-7-15-8-14(17)9-16/h4-5,14-17H,6-9H2,1-3H3. The summed E-state index contributed by atoms with van der Waals surface area (Å²) >= 11 is 0. The number of hydrogen-bond acceptors (Lipinski definition) is 3. The van der Waals surface area contributed by atoms with E-state index in [0.29, 0.717) is 6.54 Å². The van der Waals surface area contributed by atoms with Gasteiger partial charge in [0.05, 0.1) is 12.7 Å². The minimum Gasteiger partial charge on any atom is -0.394 e. The van der Waals surface area contributed by atoms with Crippen LogP contribution in [0.3, 0.4) is 0 Å². The minimum atomic E-state index is -0.657. The zero-order valence-corrected chi connectivity index (χ0v) is 11.0. The minimum absolute atomic E-state index is 0.185. The highest BCUT2D eigenvalue weighted by Crippen LogP contribution is 2.17. The molecule has 3 N–H and O–H groups in total. The van der Waals surface area contributed by atoms with Gasteiger partial charge >= 0.3 is 0 Å². The van der Waals surface area contributed by atoms with Crippen LogP contribution in [0.15, 0.2) is 12.1 Å². The predicted molar refractivity (Wildman–Crippen MR) is 70.3 cm³/mol. The average Bonchev–Trinajstić information content (AvgIpc) is 2.33. The number of nitrogens with one attached hydrogen (secondary N) is 1. The van der Waals surface area contributed by atoms with Gasteiger partial charge in [-0.25, -0.2) is 0 Å². The first kappa shape index (κ1) is 14.2. The Labute approximate surface area is 103 Å².